The van der Waals surface area contributed by atoms with Crippen molar-refractivity contribution in [1.82, 2.24) is 4.98 Å². The van der Waals surface area contributed by atoms with Crippen LogP contribution in [0.2, 0.25) is 0 Å². The van der Waals surface area contributed by atoms with Crippen LogP contribution in [0.3, 0.4) is 0 Å². The molecule has 2 aromatic rings. The van der Waals surface area contributed by atoms with Gasteiger partial charge in [-0.15, -0.1) is 0 Å². The molecule has 0 spiro atoms. The molecule has 1 atom stereocenters. The molecular weight excluding hydrogens is 316 g/mol. The molecule has 1 aliphatic carbocycles. The number of pyridine rings is 1. The fourth-order valence-corrected chi connectivity index (χ4v) is 3.22. The number of anilines is 1. The Morgan fingerprint density at radius 3 is 2.81 bits per heavy atom. The lowest BCUT2D eigenvalue weighted by atomic mass is 9.97. The van der Waals surface area contributed by atoms with E-state index in [1.165, 1.54) is 16.7 Å². The highest BCUT2D eigenvalue weighted by Gasteiger charge is 2.10. The van der Waals surface area contributed by atoms with Gasteiger partial charge in [0.2, 0.25) is 0 Å². The van der Waals surface area contributed by atoms with Gasteiger partial charge < -0.3 is 5.32 Å². The molecular formula is C24H28N2. The van der Waals surface area contributed by atoms with Crippen molar-refractivity contribution in [2.45, 2.75) is 33.6 Å². The van der Waals surface area contributed by atoms with Crippen LogP contribution in [0.25, 0.3) is 5.57 Å². The van der Waals surface area contributed by atoms with Gasteiger partial charge in [-0.2, -0.15) is 0 Å². The third-order valence-corrected chi connectivity index (χ3v) is 4.77. The first-order chi connectivity index (χ1) is 12.5. The van der Waals surface area contributed by atoms with Crippen molar-refractivity contribution in [3.8, 4) is 0 Å². The van der Waals surface area contributed by atoms with Gasteiger partial charge in [-0.05, 0) is 61.1 Å². The van der Waals surface area contributed by atoms with E-state index in [0.717, 1.165) is 42.0 Å². The number of aromatic nitrogens is 1. The molecule has 0 fully saturated rings. The van der Waals surface area contributed by atoms with Gasteiger partial charge in [0, 0.05) is 35.6 Å². The molecule has 0 radical (unpaired) electrons. The molecule has 0 saturated heterocycles. The van der Waals surface area contributed by atoms with E-state index in [2.05, 4.69) is 79.3 Å². The standard InChI is InChI=1S/C24H28N2/c1-17-8-11-21(12-9-17)16-25-24-14-18(2)10-13-23(24)19(3)15-22-7-5-6-20(4)26-22/h5-8,10-14,17,25H,3,9,15-16H2,1-2,4H3. The van der Waals surface area contributed by atoms with Crippen LogP contribution in [0, 0.1) is 19.8 Å². The van der Waals surface area contributed by atoms with Crippen LogP contribution in [0.5, 0.6) is 0 Å². The molecule has 2 nitrogen and oxygen atoms in total. The zero-order valence-electron chi connectivity index (χ0n) is 16.0. The van der Waals surface area contributed by atoms with E-state index in [1.54, 1.807) is 0 Å². The van der Waals surface area contributed by atoms with Crippen molar-refractivity contribution < 1.29 is 0 Å². The SMILES string of the molecule is C=C(Cc1cccc(C)n1)c1ccc(C)cc1NCC1=CCC(C)C=C1. The molecule has 0 amide bonds. The lowest BCUT2D eigenvalue weighted by Crippen LogP contribution is -2.08. The van der Waals surface area contributed by atoms with E-state index in [-0.39, 0.29) is 0 Å². The summed E-state index contributed by atoms with van der Waals surface area (Å²) < 4.78 is 0. The minimum absolute atomic E-state index is 0.648. The summed E-state index contributed by atoms with van der Waals surface area (Å²) in [5.74, 6) is 0.648. The molecule has 0 bridgehead atoms. The Bertz CT molecular complexity index is 858. The zero-order valence-corrected chi connectivity index (χ0v) is 16.0. The summed E-state index contributed by atoms with van der Waals surface area (Å²) in [7, 11) is 0. The highest BCUT2D eigenvalue weighted by molar-refractivity contribution is 5.76. The van der Waals surface area contributed by atoms with E-state index in [0.29, 0.717) is 5.92 Å². The Hall–Kier alpha value is -2.61. The fraction of sp³-hybridized carbons (Fsp3) is 0.292. The third-order valence-electron chi connectivity index (χ3n) is 4.77. The van der Waals surface area contributed by atoms with Crippen molar-refractivity contribution in [2.75, 3.05) is 11.9 Å². The molecule has 2 heteroatoms. The second-order valence-corrected chi connectivity index (χ2v) is 7.30. The maximum absolute atomic E-state index is 4.61. The molecule has 1 aromatic carbocycles. The largest absolute Gasteiger partial charge is 0.380 e. The number of hydrogen-bond donors (Lipinski definition) is 1. The minimum Gasteiger partial charge on any atom is -0.380 e. The number of aryl methyl sites for hydroxylation is 2. The Kier molecular flexibility index (Phi) is 5.72. The quantitative estimate of drug-likeness (QED) is 0.707. The van der Waals surface area contributed by atoms with Crippen molar-refractivity contribution in [3.05, 3.63) is 89.3 Å². The van der Waals surface area contributed by atoms with Crippen LogP contribution in [0.15, 0.2) is 66.8 Å². The average molecular weight is 345 g/mol. The predicted molar refractivity (Wildman–Crippen MR) is 112 cm³/mol. The molecule has 26 heavy (non-hydrogen) atoms. The maximum Gasteiger partial charge on any atom is 0.0450 e. The first kappa shape index (κ1) is 18.2. The number of allylic oxidation sites excluding steroid dienone is 3. The topological polar surface area (TPSA) is 24.9 Å². The lowest BCUT2D eigenvalue weighted by Gasteiger charge is -2.17. The number of hydrogen-bond acceptors (Lipinski definition) is 2. The van der Waals surface area contributed by atoms with Gasteiger partial charge in [0.25, 0.3) is 0 Å². The van der Waals surface area contributed by atoms with Crippen molar-refractivity contribution in [1.29, 1.82) is 0 Å². The number of nitrogens with zero attached hydrogens (tertiary/aromatic N) is 1. The van der Waals surface area contributed by atoms with Gasteiger partial charge in [-0.3, -0.25) is 4.98 Å². The van der Waals surface area contributed by atoms with Gasteiger partial charge in [0.1, 0.15) is 0 Å². The van der Waals surface area contributed by atoms with Crippen molar-refractivity contribution >= 4 is 11.3 Å². The summed E-state index contributed by atoms with van der Waals surface area (Å²) >= 11 is 0. The van der Waals surface area contributed by atoms with E-state index in [1.807, 2.05) is 13.0 Å². The van der Waals surface area contributed by atoms with Crippen LogP contribution >= 0.6 is 0 Å². The van der Waals surface area contributed by atoms with E-state index in [4.69, 9.17) is 0 Å². The molecule has 3 rings (SSSR count). The smallest absolute Gasteiger partial charge is 0.0450 e. The molecule has 0 aliphatic heterocycles. The van der Waals surface area contributed by atoms with E-state index < -0.39 is 0 Å². The monoisotopic (exact) mass is 344 g/mol. The van der Waals surface area contributed by atoms with Crippen molar-refractivity contribution in [3.63, 3.8) is 0 Å². The van der Waals surface area contributed by atoms with Crippen LogP contribution in [0.4, 0.5) is 5.69 Å². The molecule has 134 valence electrons. The molecule has 1 heterocycles. The van der Waals surface area contributed by atoms with Crippen LogP contribution in [0.1, 0.15) is 35.9 Å². The first-order valence-corrected chi connectivity index (χ1v) is 9.33. The third kappa shape index (κ3) is 4.72. The highest BCUT2D eigenvalue weighted by atomic mass is 14.9. The Morgan fingerprint density at radius 1 is 1.23 bits per heavy atom. The summed E-state index contributed by atoms with van der Waals surface area (Å²) in [5.41, 5.74) is 8.12. The summed E-state index contributed by atoms with van der Waals surface area (Å²) in [6, 6.07) is 12.7. The average Bonchev–Trinajstić information content (AvgIpc) is 2.61. The number of benzene rings is 1. The highest BCUT2D eigenvalue weighted by Crippen LogP contribution is 2.27. The number of rotatable bonds is 6. The molecule has 1 aromatic heterocycles. The van der Waals surface area contributed by atoms with Gasteiger partial charge in [0.15, 0.2) is 0 Å². The lowest BCUT2D eigenvalue weighted by molar-refractivity contribution is 0.729. The second kappa shape index (κ2) is 8.18. The summed E-state index contributed by atoms with van der Waals surface area (Å²) in [6.07, 6.45) is 8.75. The van der Waals surface area contributed by atoms with Crippen LogP contribution in [-0.2, 0) is 6.42 Å². The van der Waals surface area contributed by atoms with Crippen molar-refractivity contribution in [2.24, 2.45) is 5.92 Å². The van der Waals surface area contributed by atoms with Gasteiger partial charge in [0.05, 0.1) is 0 Å². The minimum atomic E-state index is 0.648. The number of nitrogens with one attached hydrogen (secondary N) is 1. The maximum atomic E-state index is 4.61. The normalized spacial score (nSPS) is 16.3. The zero-order chi connectivity index (χ0) is 18.5. The van der Waals surface area contributed by atoms with Gasteiger partial charge in [-0.25, -0.2) is 0 Å². The molecule has 1 aliphatic rings. The first-order valence-electron chi connectivity index (χ1n) is 9.33. The molecule has 0 saturated carbocycles. The molecule has 1 unspecified atom stereocenters. The van der Waals surface area contributed by atoms with Gasteiger partial charge in [-0.1, -0.05) is 49.9 Å². The Balaban J connectivity index is 1.75. The van der Waals surface area contributed by atoms with Crippen LogP contribution < -0.4 is 5.32 Å². The summed E-state index contributed by atoms with van der Waals surface area (Å²) in [5, 5.41) is 3.62. The fourth-order valence-electron chi connectivity index (χ4n) is 3.22. The summed E-state index contributed by atoms with van der Waals surface area (Å²) in [6.45, 7) is 11.6. The van der Waals surface area contributed by atoms with E-state index >= 15 is 0 Å². The Morgan fingerprint density at radius 2 is 2.08 bits per heavy atom. The Labute approximate surface area is 157 Å². The second-order valence-electron chi connectivity index (χ2n) is 7.30. The molecule has 1 N–H and O–H groups in total. The predicted octanol–water partition coefficient (Wildman–Crippen LogP) is 5.89. The van der Waals surface area contributed by atoms with E-state index in [9.17, 15) is 0 Å². The summed E-state index contributed by atoms with van der Waals surface area (Å²) in [4.78, 5) is 4.61. The van der Waals surface area contributed by atoms with Crippen LogP contribution in [-0.4, -0.2) is 11.5 Å². The van der Waals surface area contributed by atoms with Gasteiger partial charge >= 0.3 is 0 Å².